The molecule has 0 spiro atoms. The second-order valence-electron chi connectivity index (χ2n) is 9.87. The van der Waals surface area contributed by atoms with Gasteiger partial charge in [-0.2, -0.15) is 0 Å². The molecular weight excluding hydrogens is 584 g/mol. The fourth-order valence-electron chi connectivity index (χ4n) is 5.13. The molecule has 11 heteroatoms. The molecule has 0 amide bonds. The number of allylic oxidation sites excluding steroid dienone is 1. The van der Waals surface area contributed by atoms with E-state index in [0.717, 1.165) is 11.1 Å². The summed E-state index contributed by atoms with van der Waals surface area (Å²) in [4.78, 5) is 44.2. The molecule has 44 heavy (non-hydrogen) atoms. The molecule has 1 aliphatic rings. The molecule has 5 rings (SSSR count). The van der Waals surface area contributed by atoms with E-state index in [1.165, 1.54) is 23.0 Å². The first-order valence-electron chi connectivity index (χ1n) is 14.0. The number of rotatable bonds is 9. The Bertz CT molecular complexity index is 1960. The van der Waals surface area contributed by atoms with Gasteiger partial charge in [-0.05, 0) is 75.2 Å². The van der Waals surface area contributed by atoms with Crippen LogP contribution < -0.4 is 24.4 Å². The van der Waals surface area contributed by atoms with Crippen LogP contribution in [0.4, 0.5) is 0 Å². The van der Waals surface area contributed by atoms with Crippen molar-refractivity contribution in [3.63, 3.8) is 0 Å². The molecule has 0 saturated heterocycles. The van der Waals surface area contributed by atoms with E-state index in [4.69, 9.17) is 23.4 Å². The number of fused-ring (bicyclic) bond motifs is 1. The lowest BCUT2D eigenvalue weighted by atomic mass is 9.95. The van der Waals surface area contributed by atoms with Crippen LogP contribution in [0.3, 0.4) is 0 Å². The Balaban J connectivity index is 1.61. The van der Waals surface area contributed by atoms with Crippen LogP contribution in [0.5, 0.6) is 11.5 Å². The maximum atomic E-state index is 14.0. The Labute approximate surface area is 257 Å². The average Bonchev–Trinajstić information content (AvgIpc) is 3.59. The number of hydrogen-bond donors (Lipinski definition) is 0. The molecule has 0 bridgehead atoms. The number of methoxy groups -OCH3 is 2. The summed E-state index contributed by atoms with van der Waals surface area (Å²) in [6, 6.07) is 13.3. The monoisotopic (exact) mass is 616 g/mol. The minimum absolute atomic E-state index is 0.172. The third-order valence-corrected chi connectivity index (χ3v) is 8.12. The van der Waals surface area contributed by atoms with Gasteiger partial charge in [0.15, 0.2) is 16.3 Å². The molecule has 1 aliphatic heterocycles. The van der Waals surface area contributed by atoms with Gasteiger partial charge in [0.1, 0.15) is 11.5 Å². The highest BCUT2D eigenvalue weighted by atomic mass is 32.1. The first-order valence-corrected chi connectivity index (χ1v) is 14.8. The van der Waals surface area contributed by atoms with Crippen LogP contribution in [0.15, 0.2) is 74.0 Å². The Morgan fingerprint density at radius 2 is 1.80 bits per heavy atom. The highest BCUT2D eigenvalue weighted by Gasteiger charge is 2.34. The van der Waals surface area contributed by atoms with E-state index in [0.29, 0.717) is 55.8 Å². The van der Waals surface area contributed by atoms with Crippen LogP contribution in [-0.4, -0.2) is 43.9 Å². The van der Waals surface area contributed by atoms with Gasteiger partial charge in [0.25, 0.3) is 5.56 Å². The molecule has 0 N–H and O–H groups in total. The van der Waals surface area contributed by atoms with E-state index in [9.17, 15) is 14.4 Å². The Kier molecular flexibility index (Phi) is 8.86. The van der Waals surface area contributed by atoms with Crippen molar-refractivity contribution in [1.29, 1.82) is 0 Å². The number of aryl methyl sites for hydroxylation is 1. The Morgan fingerprint density at radius 1 is 1.00 bits per heavy atom. The zero-order valence-corrected chi connectivity index (χ0v) is 26.1. The summed E-state index contributed by atoms with van der Waals surface area (Å²) in [5, 5.41) is 0. The maximum Gasteiger partial charge on any atom is 0.338 e. The molecule has 0 aliphatic carbocycles. The van der Waals surface area contributed by atoms with E-state index in [-0.39, 0.29) is 17.7 Å². The first kappa shape index (κ1) is 30.6. The lowest BCUT2D eigenvalue weighted by Gasteiger charge is -2.25. The van der Waals surface area contributed by atoms with Crippen LogP contribution >= 0.6 is 11.3 Å². The normalized spacial score (nSPS) is 14.6. The summed E-state index contributed by atoms with van der Waals surface area (Å²) in [7, 11) is 2.89. The third kappa shape index (κ3) is 5.70. The summed E-state index contributed by atoms with van der Waals surface area (Å²) in [5.41, 5.74) is 3.12. The average molecular weight is 617 g/mol. The van der Waals surface area contributed by atoms with Crippen molar-refractivity contribution in [2.75, 3.05) is 27.4 Å². The standard InChI is InChI=1S/C33H32N2O8S/c1-7-41-26-16-20(10-13-25(26)39-5)29-28(32(38)42-8-2)19(4)34-33-35(29)30(36)27(44-33)17-22-11-14-24(43-22)23-12-9-21(15-18(23)3)31(37)40-6/h9-17,29H,7-8H2,1-6H3/b27-17+/t29-/m1/s1. The predicted molar refractivity (Wildman–Crippen MR) is 165 cm³/mol. The molecule has 3 heterocycles. The van der Waals surface area contributed by atoms with Gasteiger partial charge in [-0.1, -0.05) is 23.5 Å². The van der Waals surface area contributed by atoms with Crippen LogP contribution in [0.2, 0.25) is 0 Å². The molecule has 10 nitrogen and oxygen atoms in total. The van der Waals surface area contributed by atoms with Crippen molar-refractivity contribution in [2.45, 2.75) is 33.7 Å². The van der Waals surface area contributed by atoms with Crippen LogP contribution in [0, 0.1) is 6.92 Å². The molecule has 1 atom stereocenters. The fourth-order valence-corrected chi connectivity index (χ4v) is 6.15. The molecule has 0 saturated carbocycles. The van der Waals surface area contributed by atoms with Gasteiger partial charge in [0, 0.05) is 11.6 Å². The quantitative estimate of drug-likeness (QED) is 0.251. The largest absolute Gasteiger partial charge is 0.493 e. The zero-order valence-electron chi connectivity index (χ0n) is 25.3. The van der Waals surface area contributed by atoms with Crippen LogP contribution in [0.1, 0.15) is 54.1 Å². The number of carbonyl (C=O) groups is 2. The van der Waals surface area contributed by atoms with Crippen molar-refractivity contribution < 1.29 is 33.0 Å². The topological polar surface area (TPSA) is 119 Å². The lowest BCUT2D eigenvalue weighted by Crippen LogP contribution is -2.39. The molecule has 0 radical (unpaired) electrons. The molecule has 0 fully saturated rings. The molecule has 4 aromatic rings. The minimum atomic E-state index is -0.805. The number of hydrogen-bond acceptors (Lipinski definition) is 10. The summed E-state index contributed by atoms with van der Waals surface area (Å²) >= 11 is 1.20. The smallest absolute Gasteiger partial charge is 0.338 e. The summed E-state index contributed by atoms with van der Waals surface area (Å²) in [6.07, 6.45) is 1.66. The van der Waals surface area contributed by atoms with Gasteiger partial charge in [0.2, 0.25) is 0 Å². The van der Waals surface area contributed by atoms with Crippen molar-refractivity contribution in [1.82, 2.24) is 4.57 Å². The van der Waals surface area contributed by atoms with Gasteiger partial charge >= 0.3 is 11.9 Å². The zero-order chi connectivity index (χ0) is 31.5. The Morgan fingerprint density at radius 3 is 2.48 bits per heavy atom. The van der Waals surface area contributed by atoms with Gasteiger partial charge in [-0.3, -0.25) is 9.36 Å². The predicted octanol–water partition coefficient (Wildman–Crippen LogP) is 4.56. The molecular formula is C33H32N2O8S. The number of esters is 2. The van der Waals surface area contributed by atoms with E-state index in [1.54, 1.807) is 69.5 Å². The second kappa shape index (κ2) is 12.8. The van der Waals surface area contributed by atoms with Gasteiger partial charge in [0.05, 0.1) is 54.8 Å². The summed E-state index contributed by atoms with van der Waals surface area (Å²) < 4.78 is 29.4. The summed E-state index contributed by atoms with van der Waals surface area (Å²) in [6.45, 7) is 7.78. The number of furan rings is 1. The number of benzene rings is 2. The van der Waals surface area contributed by atoms with Gasteiger partial charge in [-0.25, -0.2) is 14.6 Å². The van der Waals surface area contributed by atoms with E-state index in [2.05, 4.69) is 4.99 Å². The highest BCUT2D eigenvalue weighted by Crippen LogP contribution is 2.36. The fraction of sp³-hybridized carbons (Fsp3) is 0.273. The number of thiazole rings is 1. The Hall–Kier alpha value is -4.90. The molecule has 2 aromatic carbocycles. The SMILES string of the molecule is CCOC(=O)C1=C(C)N=c2s/c(=C/c3ccc(-c4ccc(C(=O)OC)cc4C)o3)c(=O)n2[C@@H]1c1ccc(OC)c(OCC)c1. The van der Waals surface area contributed by atoms with Crippen LogP contribution in [-0.2, 0) is 14.3 Å². The number of ether oxygens (including phenoxy) is 4. The van der Waals surface area contributed by atoms with Crippen molar-refractivity contribution >= 4 is 29.4 Å². The van der Waals surface area contributed by atoms with Crippen LogP contribution in [0.25, 0.3) is 17.4 Å². The van der Waals surface area contributed by atoms with E-state index >= 15 is 0 Å². The number of nitrogens with zero attached hydrogens (tertiary/aromatic N) is 2. The number of carbonyl (C=O) groups excluding carboxylic acids is 2. The molecule has 0 unspecified atom stereocenters. The second-order valence-corrected chi connectivity index (χ2v) is 10.9. The van der Waals surface area contributed by atoms with E-state index < -0.39 is 18.0 Å². The third-order valence-electron chi connectivity index (χ3n) is 7.13. The lowest BCUT2D eigenvalue weighted by molar-refractivity contribution is -0.139. The molecule has 228 valence electrons. The first-order chi connectivity index (χ1) is 21.2. The minimum Gasteiger partial charge on any atom is -0.493 e. The summed E-state index contributed by atoms with van der Waals surface area (Å²) in [5.74, 6) is 1.10. The van der Waals surface area contributed by atoms with Crippen molar-refractivity contribution in [3.05, 3.63) is 102 Å². The van der Waals surface area contributed by atoms with Crippen molar-refractivity contribution in [2.24, 2.45) is 4.99 Å². The molecule has 2 aromatic heterocycles. The van der Waals surface area contributed by atoms with Gasteiger partial charge < -0.3 is 23.4 Å². The number of aromatic nitrogens is 1. The van der Waals surface area contributed by atoms with Gasteiger partial charge in [-0.15, -0.1) is 0 Å². The van der Waals surface area contributed by atoms with Crippen molar-refractivity contribution in [3.8, 4) is 22.8 Å². The van der Waals surface area contributed by atoms with E-state index in [1.807, 2.05) is 19.9 Å². The maximum absolute atomic E-state index is 14.0. The highest BCUT2D eigenvalue weighted by molar-refractivity contribution is 7.07.